The van der Waals surface area contributed by atoms with Crippen LogP contribution in [0.15, 0.2) is 59.2 Å². The molecular weight excluding hydrogens is 322 g/mol. The number of hydrogen-bond donors (Lipinski definition) is 0. The molecule has 0 aliphatic carbocycles. The van der Waals surface area contributed by atoms with Gasteiger partial charge in [-0.05, 0) is 44.9 Å². The largest absolute Gasteiger partial charge is 0.314 e. The zero-order valence-electron chi connectivity index (χ0n) is 9.90. The highest BCUT2D eigenvalue weighted by molar-refractivity contribution is 9.10. The van der Waals surface area contributed by atoms with Gasteiger partial charge in [-0.1, -0.05) is 41.9 Å². The van der Waals surface area contributed by atoms with E-state index in [2.05, 4.69) is 44.6 Å². The van der Waals surface area contributed by atoms with Gasteiger partial charge in [0.1, 0.15) is 0 Å². The second kappa shape index (κ2) is 3.99. The normalized spacial score (nSPS) is 11.7. The summed E-state index contributed by atoms with van der Waals surface area (Å²) in [7, 11) is 0. The van der Waals surface area contributed by atoms with E-state index in [9.17, 15) is 0 Å². The molecule has 2 aromatic heterocycles. The maximum atomic E-state index is 6.49. The van der Waals surface area contributed by atoms with Crippen LogP contribution in [0.3, 0.4) is 0 Å². The lowest BCUT2D eigenvalue weighted by Gasteiger charge is -2.03. The Morgan fingerprint density at radius 1 is 1.00 bits per heavy atom. The van der Waals surface area contributed by atoms with E-state index >= 15 is 0 Å². The molecule has 0 saturated carbocycles. The van der Waals surface area contributed by atoms with E-state index in [-0.39, 0.29) is 0 Å². The number of fused-ring (bicyclic) bond motifs is 5. The second-order valence-corrected chi connectivity index (χ2v) is 5.77. The molecule has 0 amide bonds. The molecule has 2 aromatic carbocycles. The fourth-order valence-corrected chi connectivity index (χ4v) is 3.73. The summed E-state index contributed by atoms with van der Waals surface area (Å²) in [5.74, 6) is 0. The topological polar surface area (TPSA) is 4.41 Å². The number of halogens is 2. The van der Waals surface area contributed by atoms with Crippen molar-refractivity contribution in [1.29, 1.82) is 0 Å². The highest BCUT2D eigenvalue weighted by atomic mass is 79.9. The van der Waals surface area contributed by atoms with Gasteiger partial charge in [0.25, 0.3) is 0 Å². The highest BCUT2D eigenvalue weighted by Crippen LogP contribution is 2.40. The third-order valence-corrected chi connectivity index (χ3v) is 4.61. The van der Waals surface area contributed by atoms with Gasteiger partial charge in [0.15, 0.2) is 0 Å². The molecule has 0 unspecified atom stereocenters. The van der Waals surface area contributed by atoms with Gasteiger partial charge in [-0.15, -0.1) is 0 Å². The summed E-state index contributed by atoms with van der Waals surface area (Å²) in [4.78, 5) is 0. The number of hydrogen-bond acceptors (Lipinski definition) is 0. The predicted octanol–water partition coefficient (Wildman–Crippen LogP) is 5.66. The van der Waals surface area contributed by atoms with E-state index in [1.807, 2.05) is 30.5 Å². The Hall–Kier alpha value is -1.51. The summed E-state index contributed by atoms with van der Waals surface area (Å²) in [6.07, 6.45) is 2.04. The molecule has 0 spiro atoms. The molecule has 0 atom stereocenters. The minimum absolute atomic E-state index is 0.778. The van der Waals surface area contributed by atoms with Crippen LogP contribution in [0.5, 0.6) is 0 Å². The molecule has 0 fully saturated rings. The molecule has 0 bridgehead atoms. The van der Waals surface area contributed by atoms with Gasteiger partial charge in [-0.3, -0.25) is 0 Å². The number of aromatic nitrogens is 1. The summed E-state index contributed by atoms with van der Waals surface area (Å²) in [6, 6.07) is 16.5. The van der Waals surface area contributed by atoms with Crippen molar-refractivity contribution in [2.24, 2.45) is 0 Å². The van der Waals surface area contributed by atoms with Gasteiger partial charge in [0.05, 0.1) is 20.5 Å². The van der Waals surface area contributed by atoms with Gasteiger partial charge in [0.2, 0.25) is 0 Å². The van der Waals surface area contributed by atoms with E-state index in [4.69, 9.17) is 11.6 Å². The van der Waals surface area contributed by atoms with Crippen molar-refractivity contribution in [2.75, 3.05) is 0 Å². The lowest BCUT2D eigenvalue weighted by molar-refractivity contribution is 1.25. The van der Waals surface area contributed by atoms with E-state index in [1.165, 1.54) is 10.8 Å². The zero-order valence-corrected chi connectivity index (χ0v) is 12.2. The molecule has 1 nitrogen and oxygen atoms in total. The van der Waals surface area contributed by atoms with Gasteiger partial charge >= 0.3 is 0 Å². The predicted molar refractivity (Wildman–Crippen MR) is 85.1 cm³/mol. The van der Waals surface area contributed by atoms with Crippen LogP contribution in [-0.2, 0) is 0 Å². The Labute approximate surface area is 123 Å². The fraction of sp³-hybridized carbons (Fsp3) is 0. The van der Waals surface area contributed by atoms with Crippen LogP contribution in [0.25, 0.3) is 27.2 Å². The van der Waals surface area contributed by atoms with Crippen molar-refractivity contribution in [3.63, 3.8) is 0 Å². The quantitative estimate of drug-likeness (QED) is 0.392. The van der Waals surface area contributed by atoms with Crippen LogP contribution in [0.1, 0.15) is 0 Å². The number of rotatable bonds is 0. The fourth-order valence-electron chi connectivity index (χ4n) is 2.71. The van der Waals surface area contributed by atoms with Crippen LogP contribution in [0.4, 0.5) is 0 Å². The van der Waals surface area contributed by atoms with Crippen molar-refractivity contribution >= 4 is 54.7 Å². The number of benzene rings is 2. The molecule has 4 aromatic rings. The maximum Gasteiger partial charge on any atom is 0.0734 e. The maximum absolute atomic E-state index is 6.49. The highest BCUT2D eigenvalue weighted by Gasteiger charge is 2.14. The van der Waals surface area contributed by atoms with Crippen LogP contribution >= 0.6 is 27.5 Å². The Kier molecular flexibility index (Phi) is 2.38. The number of pyridine rings is 1. The van der Waals surface area contributed by atoms with Gasteiger partial charge in [-0.2, -0.15) is 0 Å². The minimum Gasteiger partial charge on any atom is -0.314 e. The average molecular weight is 331 g/mol. The SMILES string of the molecule is Clc1cc2ccccc2c2c(Br)c3ccccn3c12. The Morgan fingerprint density at radius 3 is 2.68 bits per heavy atom. The van der Waals surface area contributed by atoms with Crippen LogP contribution < -0.4 is 0 Å². The summed E-state index contributed by atoms with van der Waals surface area (Å²) in [5, 5.41) is 4.34. The number of nitrogens with zero attached hydrogens (tertiary/aromatic N) is 1. The van der Waals surface area contributed by atoms with Crippen LogP contribution in [0, 0.1) is 0 Å². The molecule has 0 saturated heterocycles. The molecule has 3 heteroatoms. The first-order chi connectivity index (χ1) is 9.27. The van der Waals surface area contributed by atoms with E-state index in [1.54, 1.807) is 0 Å². The van der Waals surface area contributed by atoms with Gasteiger partial charge in [0, 0.05) is 11.6 Å². The zero-order chi connectivity index (χ0) is 13.0. The van der Waals surface area contributed by atoms with Crippen molar-refractivity contribution in [2.45, 2.75) is 0 Å². The smallest absolute Gasteiger partial charge is 0.0734 e. The third-order valence-electron chi connectivity index (χ3n) is 3.52. The Morgan fingerprint density at radius 2 is 1.79 bits per heavy atom. The lowest BCUT2D eigenvalue weighted by atomic mass is 10.1. The minimum atomic E-state index is 0.778. The monoisotopic (exact) mass is 329 g/mol. The van der Waals surface area contributed by atoms with Gasteiger partial charge in [-0.25, -0.2) is 0 Å². The summed E-state index contributed by atoms with van der Waals surface area (Å²) in [6.45, 7) is 0. The Balaban J connectivity index is 2.43. The lowest BCUT2D eigenvalue weighted by Crippen LogP contribution is -1.83. The van der Waals surface area contributed by atoms with Crippen molar-refractivity contribution in [1.82, 2.24) is 4.40 Å². The van der Waals surface area contributed by atoms with Crippen molar-refractivity contribution in [3.05, 3.63) is 64.2 Å². The molecule has 0 N–H and O–H groups in total. The molecular formula is C16H9BrClN. The third kappa shape index (κ3) is 1.47. The van der Waals surface area contributed by atoms with Crippen LogP contribution in [0.2, 0.25) is 5.02 Å². The summed E-state index contributed by atoms with van der Waals surface area (Å²) < 4.78 is 3.23. The van der Waals surface area contributed by atoms with E-state index in [0.29, 0.717) is 0 Å². The molecule has 0 aliphatic rings. The van der Waals surface area contributed by atoms with Crippen molar-refractivity contribution < 1.29 is 0 Å². The van der Waals surface area contributed by atoms with Crippen molar-refractivity contribution in [3.8, 4) is 0 Å². The average Bonchev–Trinajstić information content (AvgIpc) is 2.74. The summed E-state index contributed by atoms with van der Waals surface area (Å²) in [5.41, 5.74) is 2.19. The molecule has 0 radical (unpaired) electrons. The molecule has 0 aliphatic heterocycles. The first kappa shape index (κ1) is 11.3. The van der Waals surface area contributed by atoms with E-state index < -0.39 is 0 Å². The van der Waals surface area contributed by atoms with E-state index in [0.717, 1.165) is 25.9 Å². The molecule has 92 valence electrons. The van der Waals surface area contributed by atoms with Gasteiger partial charge < -0.3 is 4.40 Å². The molecule has 4 rings (SSSR count). The van der Waals surface area contributed by atoms with Crippen LogP contribution in [-0.4, -0.2) is 4.40 Å². The standard InChI is InChI=1S/C16H9BrClN/c17-15-13-7-3-4-8-19(13)16-12(18)9-10-5-1-2-6-11(10)14(15)16/h1-9H. The Bertz CT molecular complexity index is 940. The molecule has 2 heterocycles. The first-order valence-corrected chi connectivity index (χ1v) is 7.20. The first-order valence-electron chi connectivity index (χ1n) is 6.03. The molecule has 19 heavy (non-hydrogen) atoms. The summed E-state index contributed by atoms with van der Waals surface area (Å²) >= 11 is 10.2. The second-order valence-electron chi connectivity index (χ2n) is 4.57.